The van der Waals surface area contributed by atoms with Crippen molar-refractivity contribution in [3.8, 4) is 5.69 Å². The molecule has 0 aliphatic carbocycles. The predicted octanol–water partition coefficient (Wildman–Crippen LogP) is 3.14. The minimum atomic E-state index is 0.249. The normalized spacial score (nSPS) is 14.0. The molecule has 1 N–H and O–H groups in total. The lowest BCUT2D eigenvalue weighted by molar-refractivity contribution is 0.500. The average Bonchev–Trinajstić information content (AvgIpc) is 3.20. The van der Waals surface area contributed by atoms with E-state index in [2.05, 4.69) is 64.3 Å². The Bertz CT molecular complexity index is 678. The van der Waals surface area contributed by atoms with Crippen LogP contribution in [0.4, 0.5) is 0 Å². The van der Waals surface area contributed by atoms with Crippen molar-refractivity contribution in [3.05, 3.63) is 58.5 Å². The number of benzene rings is 1. The highest BCUT2D eigenvalue weighted by molar-refractivity contribution is 7.10. The Balaban J connectivity index is 1.76. The van der Waals surface area contributed by atoms with Crippen LogP contribution >= 0.6 is 11.3 Å². The van der Waals surface area contributed by atoms with Gasteiger partial charge in [0.2, 0.25) is 0 Å². The molecule has 21 heavy (non-hydrogen) atoms. The maximum atomic E-state index is 3.93. The zero-order valence-corrected chi connectivity index (χ0v) is 12.8. The van der Waals surface area contributed by atoms with Crippen LogP contribution in [0.1, 0.15) is 36.4 Å². The Morgan fingerprint density at radius 3 is 2.76 bits per heavy atom. The minimum Gasteiger partial charge on any atom is -0.303 e. The first-order chi connectivity index (χ1) is 10.2. The summed E-state index contributed by atoms with van der Waals surface area (Å²) in [6.45, 7) is 4.36. The third-order valence-corrected chi connectivity index (χ3v) is 4.51. The number of rotatable bonds is 5. The van der Waals surface area contributed by atoms with Crippen molar-refractivity contribution >= 4 is 11.3 Å². The van der Waals surface area contributed by atoms with Crippen LogP contribution in [0.15, 0.2) is 48.1 Å². The molecule has 0 aliphatic rings. The molecule has 0 saturated carbocycles. The van der Waals surface area contributed by atoms with Gasteiger partial charge in [-0.2, -0.15) is 0 Å². The Kier molecular flexibility index (Phi) is 4.08. The van der Waals surface area contributed by atoms with Gasteiger partial charge in [-0.05, 0) is 53.4 Å². The highest BCUT2D eigenvalue weighted by Gasteiger charge is 2.12. The lowest BCUT2D eigenvalue weighted by Gasteiger charge is -2.20. The molecule has 0 fully saturated rings. The Morgan fingerprint density at radius 2 is 2.05 bits per heavy atom. The number of tetrazole rings is 1. The summed E-state index contributed by atoms with van der Waals surface area (Å²) in [5, 5.41) is 17.0. The second-order valence-electron chi connectivity index (χ2n) is 4.97. The van der Waals surface area contributed by atoms with Gasteiger partial charge in [0, 0.05) is 17.0 Å². The molecule has 0 spiro atoms. The molecule has 3 rings (SSSR count). The number of aromatic nitrogens is 4. The van der Waals surface area contributed by atoms with Crippen LogP contribution in [-0.4, -0.2) is 20.2 Å². The van der Waals surface area contributed by atoms with Crippen molar-refractivity contribution in [1.29, 1.82) is 0 Å². The van der Waals surface area contributed by atoms with E-state index in [0.29, 0.717) is 6.04 Å². The van der Waals surface area contributed by atoms with Gasteiger partial charge in [0.05, 0.1) is 5.69 Å². The molecule has 1 unspecified atom stereocenters. The van der Waals surface area contributed by atoms with Gasteiger partial charge in [-0.3, -0.25) is 0 Å². The van der Waals surface area contributed by atoms with Crippen LogP contribution in [0, 0.1) is 0 Å². The third kappa shape index (κ3) is 3.17. The smallest absolute Gasteiger partial charge is 0.143 e. The summed E-state index contributed by atoms with van der Waals surface area (Å²) in [4.78, 5) is 1.35. The van der Waals surface area contributed by atoms with Crippen molar-refractivity contribution in [1.82, 2.24) is 25.5 Å². The standard InChI is InChI=1S/C15H17N5S/c1-11(17-12(2)15-7-4-8-21-15)13-5-3-6-14(9-13)20-10-16-18-19-20/h3-12,17H,1-2H3/t11?,12-/m0/s1. The van der Waals surface area contributed by atoms with E-state index in [9.17, 15) is 0 Å². The molecule has 0 aliphatic heterocycles. The number of hydrogen-bond donors (Lipinski definition) is 1. The maximum absolute atomic E-state index is 3.93. The maximum Gasteiger partial charge on any atom is 0.143 e. The molecule has 3 aromatic rings. The first-order valence-electron chi connectivity index (χ1n) is 6.87. The van der Waals surface area contributed by atoms with Crippen LogP contribution in [0.3, 0.4) is 0 Å². The summed E-state index contributed by atoms with van der Waals surface area (Å²) in [6, 6.07) is 13.1. The average molecular weight is 299 g/mol. The van der Waals surface area contributed by atoms with E-state index >= 15 is 0 Å². The molecule has 0 radical (unpaired) electrons. The van der Waals surface area contributed by atoms with Crippen LogP contribution in [0.5, 0.6) is 0 Å². The van der Waals surface area contributed by atoms with E-state index < -0.39 is 0 Å². The third-order valence-electron chi connectivity index (χ3n) is 3.45. The summed E-state index contributed by atoms with van der Waals surface area (Å²) in [5.41, 5.74) is 2.18. The lowest BCUT2D eigenvalue weighted by Crippen LogP contribution is -2.21. The summed E-state index contributed by atoms with van der Waals surface area (Å²) in [7, 11) is 0. The summed E-state index contributed by atoms with van der Waals surface area (Å²) >= 11 is 1.78. The van der Waals surface area contributed by atoms with Gasteiger partial charge in [-0.15, -0.1) is 16.4 Å². The predicted molar refractivity (Wildman–Crippen MR) is 83.4 cm³/mol. The molecule has 0 saturated heterocycles. The van der Waals surface area contributed by atoms with E-state index in [-0.39, 0.29) is 6.04 Å². The molecular formula is C15H17N5S. The highest BCUT2D eigenvalue weighted by atomic mass is 32.1. The molecule has 1 aromatic carbocycles. The molecule has 0 bridgehead atoms. The summed E-state index contributed by atoms with van der Waals surface area (Å²) in [6.07, 6.45) is 1.60. The monoisotopic (exact) mass is 299 g/mol. The Hall–Kier alpha value is -2.05. The summed E-state index contributed by atoms with van der Waals surface area (Å²) in [5.74, 6) is 0. The summed E-state index contributed by atoms with van der Waals surface area (Å²) < 4.78 is 1.67. The van der Waals surface area contributed by atoms with E-state index in [0.717, 1.165) is 5.69 Å². The molecule has 5 nitrogen and oxygen atoms in total. The quantitative estimate of drug-likeness (QED) is 0.786. The zero-order chi connectivity index (χ0) is 14.7. The van der Waals surface area contributed by atoms with Crippen LogP contribution in [0.2, 0.25) is 0 Å². The number of nitrogens with one attached hydrogen (secondary N) is 1. The van der Waals surface area contributed by atoms with E-state index in [1.165, 1.54) is 10.4 Å². The van der Waals surface area contributed by atoms with Crippen molar-refractivity contribution in [2.45, 2.75) is 25.9 Å². The van der Waals surface area contributed by atoms with Gasteiger partial charge >= 0.3 is 0 Å². The second-order valence-corrected chi connectivity index (χ2v) is 5.95. The van der Waals surface area contributed by atoms with Crippen molar-refractivity contribution < 1.29 is 0 Å². The van der Waals surface area contributed by atoms with Gasteiger partial charge in [-0.25, -0.2) is 4.68 Å². The Labute approximate surface area is 127 Å². The minimum absolute atomic E-state index is 0.249. The Morgan fingerprint density at radius 1 is 1.14 bits per heavy atom. The van der Waals surface area contributed by atoms with Crippen molar-refractivity contribution in [2.24, 2.45) is 0 Å². The second kappa shape index (κ2) is 6.15. The molecule has 6 heteroatoms. The topological polar surface area (TPSA) is 55.6 Å². The molecule has 2 aromatic heterocycles. The molecule has 2 atom stereocenters. The molecule has 108 valence electrons. The van der Waals surface area contributed by atoms with Gasteiger partial charge in [0.1, 0.15) is 6.33 Å². The van der Waals surface area contributed by atoms with Gasteiger partial charge < -0.3 is 5.32 Å². The molecule has 2 heterocycles. The van der Waals surface area contributed by atoms with Crippen molar-refractivity contribution in [2.75, 3.05) is 0 Å². The first kappa shape index (κ1) is 13.9. The van der Waals surface area contributed by atoms with Gasteiger partial charge in [-0.1, -0.05) is 18.2 Å². The van der Waals surface area contributed by atoms with Crippen LogP contribution in [-0.2, 0) is 0 Å². The lowest BCUT2D eigenvalue weighted by atomic mass is 10.1. The fourth-order valence-corrected chi connectivity index (χ4v) is 3.05. The number of nitrogens with zero attached hydrogens (tertiary/aromatic N) is 4. The first-order valence-corrected chi connectivity index (χ1v) is 7.75. The molecular weight excluding hydrogens is 282 g/mol. The fraction of sp³-hybridized carbons (Fsp3) is 0.267. The van der Waals surface area contributed by atoms with Crippen LogP contribution < -0.4 is 5.32 Å². The van der Waals surface area contributed by atoms with E-state index in [4.69, 9.17) is 0 Å². The SMILES string of the molecule is CC(N[C@@H](C)c1cccs1)c1cccc(-n2cnnn2)c1. The van der Waals surface area contributed by atoms with E-state index in [1.807, 2.05) is 12.1 Å². The van der Waals surface area contributed by atoms with Gasteiger partial charge in [0.15, 0.2) is 0 Å². The highest BCUT2D eigenvalue weighted by Crippen LogP contribution is 2.23. The fourth-order valence-electron chi connectivity index (χ4n) is 2.31. The van der Waals surface area contributed by atoms with Crippen molar-refractivity contribution in [3.63, 3.8) is 0 Å². The zero-order valence-electron chi connectivity index (χ0n) is 12.0. The van der Waals surface area contributed by atoms with E-state index in [1.54, 1.807) is 22.3 Å². The molecule has 0 amide bonds. The van der Waals surface area contributed by atoms with Gasteiger partial charge in [0.25, 0.3) is 0 Å². The number of hydrogen-bond acceptors (Lipinski definition) is 5. The largest absolute Gasteiger partial charge is 0.303 e. The number of thiophene rings is 1. The van der Waals surface area contributed by atoms with Crippen LogP contribution in [0.25, 0.3) is 5.69 Å².